The molecule has 0 atom stereocenters. The first kappa shape index (κ1) is 13.8. The standard InChI is InChI=1S/C12H8BrClN2O3/c13-10-11(14)9(16(17)18)6-15-12(10)19-7-8-4-2-1-3-5-8/h1-6H,7H2. The van der Waals surface area contributed by atoms with Gasteiger partial charge >= 0.3 is 5.69 Å². The van der Waals surface area contributed by atoms with Crippen molar-refractivity contribution in [2.24, 2.45) is 0 Å². The zero-order valence-corrected chi connectivity index (χ0v) is 11.9. The molecule has 1 aromatic heterocycles. The number of hydrogen-bond acceptors (Lipinski definition) is 4. The molecule has 19 heavy (non-hydrogen) atoms. The average molecular weight is 344 g/mol. The molecule has 0 saturated heterocycles. The average Bonchev–Trinajstić information content (AvgIpc) is 2.41. The Kier molecular flexibility index (Phi) is 4.34. The number of nitrogens with zero attached hydrogens (tertiary/aromatic N) is 2. The molecule has 0 aliphatic carbocycles. The van der Waals surface area contributed by atoms with Crippen molar-refractivity contribution in [1.29, 1.82) is 0 Å². The normalized spacial score (nSPS) is 10.2. The van der Waals surface area contributed by atoms with Crippen molar-refractivity contribution in [2.75, 3.05) is 0 Å². The van der Waals surface area contributed by atoms with Gasteiger partial charge in [0.1, 0.15) is 22.3 Å². The van der Waals surface area contributed by atoms with E-state index in [0.717, 1.165) is 11.8 Å². The van der Waals surface area contributed by atoms with Crippen LogP contribution in [0.5, 0.6) is 5.88 Å². The number of benzene rings is 1. The van der Waals surface area contributed by atoms with Crippen LogP contribution in [0.15, 0.2) is 41.0 Å². The number of rotatable bonds is 4. The Labute approximate surface area is 122 Å². The van der Waals surface area contributed by atoms with Gasteiger partial charge in [-0.25, -0.2) is 4.98 Å². The topological polar surface area (TPSA) is 65.3 Å². The van der Waals surface area contributed by atoms with Gasteiger partial charge in [0.15, 0.2) is 0 Å². The number of aromatic nitrogens is 1. The van der Waals surface area contributed by atoms with Crippen molar-refractivity contribution in [3.8, 4) is 5.88 Å². The summed E-state index contributed by atoms with van der Waals surface area (Å²) in [7, 11) is 0. The third kappa shape index (κ3) is 3.21. The maximum Gasteiger partial charge on any atom is 0.307 e. The summed E-state index contributed by atoms with van der Waals surface area (Å²) in [4.78, 5) is 14.0. The Morgan fingerprint density at radius 3 is 2.68 bits per heavy atom. The Balaban J connectivity index is 2.18. The molecule has 1 aromatic carbocycles. The van der Waals surface area contributed by atoms with E-state index in [4.69, 9.17) is 16.3 Å². The highest BCUT2D eigenvalue weighted by molar-refractivity contribution is 9.10. The van der Waals surface area contributed by atoms with Crippen LogP contribution in [0.2, 0.25) is 5.02 Å². The molecule has 98 valence electrons. The highest BCUT2D eigenvalue weighted by Gasteiger charge is 2.19. The van der Waals surface area contributed by atoms with Gasteiger partial charge in [0, 0.05) is 0 Å². The molecule has 0 saturated carbocycles. The maximum absolute atomic E-state index is 10.7. The minimum atomic E-state index is -0.596. The third-order valence-corrected chi connectivity index (χ3v) is 3.67. The summed E-state index contributed by atoms with van der Waals surface area (Å²) in [6, 6.07) is 9.50. The fraction of sp³-hybridized carbons (Fsp3) is 0.0833. The van der Waals surface area contributed by atoms with Crippen molar-refractivity contribution in [2.45, 2.75) is 6.61 Å². The fourth-order valence-corrected chi connectivity index (χ4v) is 2.01. The van der Waals surface area contributed by atoms with Crippen molar-refractivity contribution < 1.29 is 9.66 Å². The molecule has 0 fully saturated rings. The van der Waals surface area contributed by atoms with Crippen LogP contribution in [0.3, 0.4) is 0 Å². The summed E-state index contributed by atoms with van der Waals surface area (Å²) in [6.45, 7) is 0.306. The molecule has 5 nitrogen and oxygen atoms in total. The Hall–Kier alpha value is -1.66. The van der Waals surface area contributed by atoms with Gasteiger partial charge in [0.2, 0.25) is 5.88 Å². The largest absolute Gasteiger partial charge is 0.472 e. The molecule has 0 amide bonds. The summed E-state index contributed by atoms with van der Waals surface area (Å²) < 4.78 is 5.75. The number of halogens is 2. The molecule has 2 rings (SSSR count). The molecule has 7 heteroatoms. The van der Waals surface area contributed by atoms with Crippen molar-refractivity contribution in [3.63, 3.8) is 0 Å². The van der Waals surface area contributed by atoms with Crippen LogP contribution in [0, 0.1) is 10.1 Å². The number of ether oxygens (including phenoxy) is 1. The molecule has 0 bridgehead atoms. The van der Waals surface area contributed by atoms with Gasteiger partial charge in [-0.3, -0.25) is 10.1 Å². The quantitative estimate of drug-likeness (QED) is 0.622. The Bertz CT molecular complexity index is 607. The Morgan fingerprint density at radius 2 is 2.05 bits per heavy atom. The second-order valence-corrected chi connectivity index (χ2v) is 4.78. The highest BCUT2D eigenvalue weighted by Crippen LogP contribution is 2.37. The van der Waals surface area contributed by atoms with Crippen LogP contribution in [0.25, 0.3) is 0 Å². The van der Waals surface area contributed by atoms with Crippen LogP contribution in [0.4, 0.5) is 5.69 Å². The van der Waals surface area contributed by atoms with E-state index in [2.05, 4.69) is 20.9 Å². The van der Waals surface area contributed by atoms with Crippen molar-refractivity contribution in [1.82, 2.24) is 4.98 Å². The second kappa shape index (κ2) is 5.99. The summed E-state index contributed by atoms with van der Waals surface area (Å²) in [5.74, 6) is 0.222. The molecular formula is C12H8BrClN2O3. The van der Waals surface area contributed by atoms with Crippen LogP contribution in [-0.2, 0) is 6.61 Å². The van der Waals surface area contributed by atoms with Gasteiger partial charge in [-0.15, -0.1) is 0 Å². The molecule has 0 aliphatic rings. The molecule has 2 aromatic rings. The van der Waals surface area contributed by atoms with E-state index in [-0.39, 0.29) is 21.1 Å². The number of nitro groups is 1. The van der Waals surface area contributed by atoms with Gasteiger partial charge in [0.05, 0.1) is 4.92 Å². The first-order chi connectivity index (χ1) is 9.09. The van der Waals surface area contributed by atoms with E-state index in [1.807, 2.05) is 30.3 Å². The number of pyridine rings is 1. The summed E-state index contributed by atoms with van der Waals surface area (Å²) in [5.41, 5.74) is 0.700. The molecule has 0 N–H and O–H groups in total. The smallest absolute Gasteiger partial charge is 0.307 e. The minimum Gasteiger partial charge on any atom is -0.472 e. The van der Waals surface area contributed by atoms with Crippen molar-refractivity contribution in [3.05, 3.63) is 61.7 Å². The molecule has 0 unspecified atom stereocenters. The van der Waals surface area contributed by atoms with E-state index in [0.29, 0.717) is 6.61 Å². The van der Waals surface area contributed by atoms with Gasteiger partial charge < -0.3 is 4.74 Å². The van der Waals surface area contributed by atoms with Crippen molar-refractivity contribution >= 4 is 33.2 Å². The van der Waals surface area contributed by atoms with E-state index < -0.39 is 4.92 Å². The van der Waals surface area contributed by atoms with E-state index in [1.165, 1.54) is 0 Å². The van der Waals surface area contributed by atoms with E-state index in [9.17, 15) is 10.1 Å². The zero-order valence-electron chi connectivity index (χ0n) is 9.55. The zero-order chi connectivity index (χ0) is 13.8. The lowest BCUT2D eigenvalue weighted by molar-refractivity contribution is -0.385. The minimum absolute atomic E-state index is 0.0249. The van der Waals surface area contributed by atoms with Crippen LogP contribution < -0.4 is 4.74 Å². The second-order valence-electron chi connectivity index (χ2n) is 3.61. The molecule has 1 heterocycles. The predicted octanol–water partition coefficient (Wildman–Crippen LogP) is 3.98. The summed E-state index contributed by atoms with van der Waals surface area (Å²) in [5, 5.41) is 10.7. The van der Waals surface area contributed by atoms with Gasteiger partial charge in [0.25, 0.3) is 0 Å². The van der Waals surface area contributed by atoms with Gasteiger partial charge in [-0.05, 0) is 21.5 Å². The molecule has 0 aliphatic heterocycles. The first-order valence-corrected chi connectivity index (χ1v) is 6.42. The van der Waals surface area contributed by atoms with Crippen LogP contribution >= 0.6 is 27.5 Å². The van der Waals surface area contributed by atoms with Crippen LogP contribution in [-0.4, -0.2) is 9.91 Å². The van der Waals surface area contributed by atoms with Gasteiger partial charge in [-0.1, -0.05) is 41.9 Å². The summed E-state index contributed by atoms with van der Waals surface area (Å²) >= 11 is 9.02. The lowest BCUT2D eigenvalue weighted by atomic mass is 10.2. The molecule has 0 radical (unpaired) electrons. The Morgan fingerprint density at radius 1 is 1.37 bits per heavy atom. The maximum atomic E-state index is 10.7. The SMILES string of the molecule is O=[N+]([O-])c1cnc(OCc2ccccc2)c(Br)c1Cl. The fourth-order valence-electron chi connectivity index (χ4n) is 1.39. The predicted molar refractivity (Wildman–Crippen MR) is 74.4 cm³/mol. The van der Waals surface area contributed by atoms with Crippen LogP contribution in [0.1, 0.15) is 5.56 Å². The highest BCUT2D eigenvalue weighted by atomic mass is 79.9. The van der Waals surface area contributed by atoms with E-state index in [1.54, 1.807) is 0 Å². The number of hydrogen-bond donors (Lipinski definition) is 0. The van der Waals surface area contributed by atoms with E-state index >= 15 is 0 Å². The molecular weight excluding hydrogens is 336 g/mol. The lowest BCUT2D eigenvalue weighted by Crippen LogP contribution is -2.00. The van der Waals surface area contributed by atoms with Gasteiger partial charge in [-0.2, -0.15) is 0 Å². The monoisotopic (exact) mass is 342 g/mol. The lowest BCUT2D eigenvalue weighted by Gasteiger charge is -2.08. The molecule has 0 spiro atoms. The third-order valence-electron chi connectivity index (χ3n) is 2.32. The first-order valence-electron chi connectivity index (χ1n) is 5.24. The summed E-state index contributed by atoms with van der Waals surface area (Å²) in [6.07, 6.45) is 1.08.